The fourth-order valence-electron chi connectivity index (χ4n) is 2.14. The van der Waals surface area contributed by atoms with Gasteiger partial charge in [0.25, 0.3) is 0 Å². The average Bonchev–Trinajstić information content (AvgIpc) is 2.30. The van der Waals surface area contributed by atoms with Crippen LogP contribution in [0.15, 0.2) is 24.3 Å². The second kappa shape index (κ2) is 5.46. The van der Waals surface area contributed by atoms with Gasteiger partial charge in [0.15, 0.2) is 0 Å². The summed E-state index contributed by atoms with van der Waals surface area (Å²) in [6, 6.07) is 9.15. The molecule has 0 aliphatic carbocycles. The Morgan fingerprint density at radius 1 is 1.38 bits per heavy atom. The smallest absolute Gasteiger partial charge is 0.0672 e. The molecule has 1 saturated heterocycles. The maximum absolute atomic E-state index is 5.65. The Morgan fingerprint density at radius 2 is 2.19 bits per heavy atom. The Balaban J connectivity index is 1.81. The van der Waals surface area contributed by atoms with E-state index in [9.17, 15) is 0 Å². The van der Waals surface area contributed by atoms with Gasteiger partial charge in [-0.15, -0.1) is 0 Å². The Morgan fingerprint density at radius 3 is 2.88 bits per heavy atom. The van der Waals surface area contributed by atoms with Gasteiger partial charge in [-0.25, -0.2) is 0 Å². The normalized spacial score (nSPS) is 25.6. The SMILES string of the molecule is Cc1ccccc1CCC1COC(C)CN1. The van der Waals surface area contributed by atoms with Crippen molar-refractivity contribution >= 4 is 0 Å². The van der Waals surface area contributed by atoms with Gasteiger partial charge in [0, 0.05) is 12.6 Å². The first kappa shape index (κ1) is 11.6. The van der Waals surface area contributed by atoms with Crippen molar-refractivity contribution in [2.45, 2.75) is 38.8 Å². The summed E-state index contributed by atoms with van der Waals surface area (Å²) in [4.78, 5) is 0. The average molecular weight is 219 g/mol. The number of rotatable bonds is 3. The first-order valence-electron chi connectivity index (χ1n) is 6.15. The number of ether oxygens (including phenoxy) is 1. The maximum Gasteiger partial charge on any atom is 0.0672 e. The molecule has 0 amide bonds. The van der Waals surface area contributed by atoms with Gasteiger partial charge in [0.2, 0.25) is 0 Å². The van der Waals surface area contributed by atoms with E-state index in [4.69, 9.17) is 4.74 Å². The van der Waals surface area contributed by atoms with Crippen molar-refractivity contribution in [1.29, 1.82) is 0 Å². The summed E-state index contributed by atoms with van der Waals surface area (Å²) < 4.78 is 5.65. The second-order valence-corrected chi connectivity index (χ2v) is 4.71. The molecule has 2 nitrogen and oxygen atoms in total. The molecular weight excluding hydrogens is 198 g/mol. The molecule has 2 atom stereocenters. The van der Waals surface area contributed by atoms with Crippen LogP contribution in [-0.2, 0) is 11.2 Å². The molecule has 1 aromatic rings. The summed E-state index contributed by atoms with van der Waals surface area (Å²) >= 11 is 0. The summed E-state index contributed by atoms with van der Waals surface area (Å²) in [6.07, 6.45) is 2.68. The Kier molecular flexibility index (Phi) is 3.97. The molecule has 1 aliphatic heterocycles. The molecule has 0 radical (unpaired) electrons. The van der Waals surface area contributed by atoms with Crippen molar-refractivity contribution < 1.29 is 4.74 Å². The van der Waals surface area contributed by atoms with Crippen LogP contribution in [0.25, 0.3) is 0 Å². The third kappa shape index (κ3) is 3.06. The second-order valence-electron chi connectivity index (χ2n) is 4.71. The Bertz CT molecular complexity index is 329. The lowest BCUT2D eigenvalue weighted by Gasteiger charge is -2.28. The van der Waals surface area contributed by atoms with Crippen LogP contribution < -0.4 is 5.32 Å². The van der Waals surface area contributed by atoms with E-state index in [0.717, 1.165) is 26.0 Å². The van der Waals surface area contributed by atoms with E-state index in [2.05, 4.69) is 43.4 Å². The fraction of sp³-hybridized carbons (Fsp3) is 0.571. The molecule has 1 fully saturated rings. The summed E-state index contributed by atoms with van der Waals surface area (Å²) in [7, 11) is 0. The molecule has 1 aromatic carbocycles. The van der Waals surface area contributed by atoms with Crippen LogP contribution in [0.1, 0.15) is 24.5 Å². The highest BCUT2D eigenvalue weighted by atomic mass is 16.5. The predicted molar refractivity (Wildman–Crippen MR) is 66.7 cm³/mol. The molecule has 0 saturated carbocycles. The zero-order chi connectivity index (χ0) is 11.4. The van der Waals surface area contributed by atoms with E-state index in [-0.39, 0.29) is 0 Å². The summed E-state index contributed by atoms with van der Waals surface area (Å²) in [5.41, 5.74) is 2.86. The number of hydrogen-bond acceptors (Lipinski definition) is 2. The van der Waals surface area contributed by atoms with Crippen molar-refractivity contribution in [2.75, 3.05) is 13.2 Å². The lowest BCUT2D eigenvalue weighted by molar-refractivity contribution is 0.0136. The topological polar surface area (TPSA) is 21.3 Å². The highest BCUT2D eigenvalue weighted by Crippen LogP contribution is 2.12. The summed E-state index contributed by atoms with van der Waals surface area (Å²) in [6.45, 7) is 6.14. The molecule has 16 heavy (non-hydrogen) atoms. The van der Waals surface area contributed by atoms with E-state index < -0.39 is 0 Å². The summed E-state index contributed by atoms with van der Waals surface area (Å²) in [5, 5.41) is 3.53. The largest absolute Gasteiger partial charge is 0.376 e. The van der Waals surface area contributed by atoms with Crippen molar-refractivity contribution in [2.24, 2.45) is 0 Å². The van der Waals surface area contributed by atoms with E-state index in [1.165, 1.54) is 11.1 Å². The van der Waals surface area contributed by atoms with Crippen LogP contribution in [0.3, 0.4) is 0 Å². The van der Waals surface area contributed by atoms with E-state index in [1.807, 2.05) is 0 Å². The molecule has 1 N–H and O–H groups in total. The van der Waals surface area contributed by atoms with Crippen molar-refractivity contribution in [1.82, 2.24) is 5.32 Å². The van der Waals surface area contributed by atoms with E-state index >= 15 is 0 Å². The predicted octanol–water partition coefficient (Wildman–Crippen LogP) is 2.30. The zero-order valence-electron chi connectivity index (χ0n) is 10.2. The fourth-order valence-corrected chi connectivity index (χ4v) is 2.14. The standard InChI is InChI=1S/C14H21NO/c1-11-5-3-4-6-13(11)7-8-14-10-16-12(2)9-15-14/h3-6,12,14-15H,7-10H2,1-2H3. The number of aryl methyl sites for hydroxylation is 2. The van der Waals surface area contributed by atoms with Gasteiger partial charge in [-0.2, -0.15) is 0 Å². The Hall–Kier alpha value is -0.860. The molecule has 1 heterocycles. The lowest BCUT2D eigenvalue weighted by atomic mass is 10.0. The highest BCUT2D eigenvalue weighted by Gasteiger charge is 2.17. The number of morpholine rings is 1. The molecule has 2 rings (SSSR count). The van der Waals surface area contributed by atoms with Crippen LogP contribution >= 0.6 is 0 Å². The molecule has 1 aliphatic rings. The first-order chi connectivity index (χ1) is 7.75. The molecule has 0 aromatic heterocycles. The maximum atomic E-state index is 5.65. The van der Waals surface area contributed by atoms with E-state index in [1.54, 1.807) is 0 Å². The molecular formula is C14H21NO. The highest BCUT2D eigenvalue weighted by molar-refractivity contribution is 5.25. The van der Waals surface area contributed by atoms with Crippen LogP contribution in [0, 0.1) is 6.92 Å². The van der Waals surface area contributed by atoms with Gasteiger partial charge in [-0.1, -0.05) is 24.3 Å². The quantitative estimate of drug-likeness (QED) is 0.842. The molecule has 0 bridgehead atoms. The van der Waals surface area contributed by atoms with E-state index in [0.29, 0.717) is 12.1 Å². The van der Waals surface area contributed by atoms with Crippen molar-refractivity contribution in [3.05, 3.63) is 35.4 Å². The zero-order valence-corrected chi connectivity index (χ0v) is 10.2. The van der Waals surface area contributed by atoms with Gasteiger partial charge in [-0.05, 0) is 37.8 Å². The van der Waals surface area contributed by atoms with Crippen LogP contribution in [0.5, 0.6) is 0 Å². The number of benzene rings is 1. The minimum atomic E-state index is 0.370. The number of nitrogens with one attached hydrogen (secondary N) is 1. The lowest BCUT2D eigenvalue weighted by Crippen LogP contribution is -2.45. The van der Waals surface area contributed by atoms with Gasteiger partial charge in [-0.3, -0.25) is 0 Å². The van der Waals surface area contributed by atoms with Gasteiger partial charge in [0.1, 0.15) is 0 Å². The van der Waals surface area contributed by atoms with Crippen LogP contribution in [-0.4, -0.2) is 25.3 Å². The third-order valence-corrected chi connectivity index (χ3v) is 3.30. The van der Waals surface area contributed by atoms with Crippen molar-refractivity contribution in [3.8, 4) is 0 Å². The summed E-state index contributed by atoms with van der Waals surface area (Å²) in [5.74, 6) is 0. The van der Waals surface area contributed by atoms with Crippen LogP contribution in [0.2, 0.25) is 0 Å². The monoisotopic (exact) mass is 219 g/mol. The molecule has 2 heteroatoms. The van der Waals surface area contributed by atoms with Gasteiger partial charge >= 0.3 is 0 Å². The van der Waals surface area contributed by atoms with Gasteiger partial charge < -0.3 is 10.1 Å². The van der Waals surface area contributed by atoms with Gasteiger partial charge in [0.05, 0.1) is 12.7 Å². The number of hydrogen-bond donors (Lipinski definition) is 1. The van der Waals surface area contributed by atoms with Crippen molar-refractivity contribution in [3.63, 3.8) is 0 Å². The molecule has 2 unspecified atom stereocenters. The first-order valence-corrected chi connectivity index (χ1v) is 6.15. The molecule has 88 valence electrons. The Labute approximate surface area is 98.0 Å². The minimum Gasteiger partial charge on any atom is -0.376 e. The van der Waals surface area contributed by atoms with Crippen LogP contribution in [0.4, 0.5) is 0 Å². The molecule has 0 spiro atoms. The minimum absolute atomic E-state index is 0.370. The third-order valence-electron chi connectivity index (χ3n) is 3.30.